The number of halogens is 2. The Morgan fingerprint density at radius 1 is 1.36 bits per heavy atom. The van der Waals surface area contributed by atoms with Gasteiger partial charge in [-0.15, -0.1) is 0 Å². The molecule has 33 heavy (non-hydrogen) atoms. The maximum Gasteiger partial charge on any atom is 0.343 e. The third kappa shape index (κ3) is 5.55. The number of carbonyl (C=O) groups excluding carboxylic acids is 1. The molecule has 10 nitrogen and oxygen atoms in total. The second kappa shape index (κ2) is 10.5. The summed E-state index contributed by atoms with van der Waals surface area (Å²) in [5.74, 6) is -0.546. The highest BCUT2D eigenvalue weighted by Crippen LogP contribution is 2.33. The molecule has 3 aromatic rings. The Balaban J connectivity index is 2.17. The SMILES string of the molecule is CCCc1nc2ccc(Br)cc2c(=O)n1N=Cc1cc(Cl)cc([N+](=O)[O-])c1OCC(=O)OC. The predicted molar refractivity (Wildman–Crippen MR) is 126 cm³/mol. The zero-order valence-corrected chi connectivity index (χ0v) is 19.9. The van der Waals surface area contributed by atoms with Gasteiger partial charge in [-0.25, -0.2) is 9.78 Å². The fourth-order valence-corrected chi connectivity index (χ4v) is 3.58. The van der Waals surface area contributed by atoms with Crippen LogP contribution in [0.3, 0.4) is 0 Å². The van der Waals surface area contributed by atoms with Gasteiger partial charge in [0.25, 0.3) is 5.56 Å². The van der Waals surface area contributed by atoms with Gasteiger partial charge >= 0.3 is 11.7 Å². The second-order valence-electron chi connectivity index (χ2n) is 6.77. The molecule has 2 aromatic carbocycles. The molecular weight excluding hydrogens is 520 g/mol. The van der Waals surface area contributed by atoms with E-state index >= 15 is 0 Å². The average molecular weight is 538 g/mol. The van der Waals surface area contributed by atoms with Crippen LogP contribution in [0.25, 0.3) is 10.9 Å². The van der Waals surface area contributed by atoms with Crippen molar-refractivity contribution in [2.24, 2.45) is 5.10 Å². The number of benzene rings is 2. The van der Waals surface area contributed by atoms with Crippen molar-refractivity contribution in [1.82, 2.24) is 9.66 Å². The van der Waals surface area contributed by atoms with E-state index in [0.717, 1.165) is 17.9 Å². The van der Waals surface area contributed by atoms with Crippen molar-refractivity contribution in [3.05, 3.63) is 71.7 Å². The molecule has 0 saturated carbocycles. The fourth-order valence-electron chi connectivity index (χ4n) is 3.00. The van der Waals surface area contributed by atoms with Crippen LogP contribution in [0, 0.1) is 10.1 Å². The van der Waals surface area contributed by atoms with Crippen LogP contribution in [0.1, 0.15) is 24.7 Å². The van der Waals surface area contributed by atoms with Crippen LogP contribution < -0.4 is 10.3 Å². The summed E-state index contributed by atoms with van der Waals surface area (Å²) in [4.78, 5) is 40.0. The smallest absolute Gasteiger partial charge is 0.343 e. The van der Waals surface area contributed by atoms with Crippen LogP contribution in [0.4, 0.5) is 5.69 Å². The number of hydrogen-bond acceptors (Lipinski definition) is 8. The maximum atomic E-state index is 13.1. The van der Waals surface area contributed by atoms with E-state index in [-0.39, 0.29) is 16.3 Å². The molecule has 0 atom stereocenters. The number of aryl methyl sites for hydroxylation is 1. The predicted octanol–water partition coefficient (Wildman–Crippen LogP) is 4.11. The summed E-state index contributed by atoms with van der Waals surface area (Å²) in [5.41, 5.74) is -0.246. The summed E-state index contributed by atoms with van der Waals surface area (Å²) in [6.45, 7) is 1.37. The Bertz CT molecular complexity index is 1320. The van der Waals surface area contributed by atoms with E-state index in [0.29, 0.717) is 34.0 Å². The lowest BCUT2D eigenvalue weighted by Crippen LogP contribution is -2.22. The summed E-state index contributed by atoms with van der Waals surface area (Å²) in [7, 11) is 1.16. The van der Waals surface area contributed by atoms with Crippen LogP contribution in [0.2, 0.25) is 5.02 Å². The topological polar surface area (TPSA) is 126 Å². The summed E-state index contributed by atoms with van der Waals surface area (Å²) in [6, 6.07) is 7.62. The minimum Gasteiger partial charge on any atom is -0.474 e. The average Bonchev–Trinajstić information content (AvgIpc) is 2.78. The first-order chi connectivity index (χ1) is 15.7. The van der Waals surface area contributed by atoms with Gasteiger partial charge in [0.05, 0.1) is 29.2 Å². The standard InChI is InChI=1S/C21H18BrClN4O6/c1-3-4-18-25-16-6-5-13(22)8-15(16)21(29)26(18)24-10-12-7-14(23)9-17(27(30)31)20(12)33-11-19(28)32-2/h5-10H,3-4,11H2,1-2H3. The van der Waals surface area contributed by atoms with Gasteiger partial charge in [-0.2, -0.15) is 9.78 Å². The van der Waals surface area contributed by atoms with E-state index < -0.39 is 28.7 Å². The van der Waals surface area contributed by atoms with Gasteiger partial charge in [-0.05, 0) is 30.7 Å². The van der Waals surface area contributed by atoms with Gasteiger partial charge in [0.2, 0.25) is 5.75 Å². The molecule has 0 bridgehead atoms. The van der Waals surface area contributed by atoms with Crippen molar-refractivity contribution in [2.45, 2.75) is 19.8 Å². The van der Waals surface area contributed by atoms with Crippen molar-refractivity contribution < 1.29 is 19.2 Å². The van der Waals surface area contributed by atoms with Crippen molar-refractivity contribution in [3.63, 3.8) is 0 Å². The van der Waals surface area contributed by atoms with Crippen LogP contribution >= 0.6 is 27.5 Å². The molecule has 12 heteroatoms. The minimum atomic E-state index is -0.729. The first kappa shape index (κ1) is 24.3. The van der Waals surface area contributed by atoms with E-state index in [4.69, 9.17) is 16.3 Å². The highest BCUT2D eigenvalue weighted by molar-refractivity contribution is 9.10. The van der Waals surface area contributed by atoms with Gasteiger partial charge in [0, 0.05) is 27.5 Å². The number of hydrogen-bond donors (Lipinski definition) is 0. The zero-order chi connectivity index (χ0) is 24.1. The summed E-state index contributed by atoms with van der Waals surface area (Å²) >= 11 is 9.39. The molecule has 0 fully saturated rings. The molecule has 1 heterocycles. The molecule has 0 spiro atoms. The highest BCUT2D eigenvalue weighted by atomic mass is 79.9. The van der Waals surface area contributed by atoms with E-state index in [1.54, 1.807) is 18.2 Å². The molecule has 0 unspecified atom stereocenters. The quantitative estimate of drug-likeness (QED) is 0.183. The van der Waals surface area contributed by atoms with Crippen molar-refractivity contribution in [2.75, 3.05) is 13.7 Å². The van der Waals surface area contributed by atoms with Gasteiger partial charge < -0.3 is 9.47 Å². The van der Waals surface area contributed by atoms with Gasteiger partial charge in [0.15, 0.2) is 6.61 Å². The lowest BCUT2D eigenvalue weighted by molar-refractivity contribution is -0.385. The van der Waals surface area contributed by atoms with Crippen LogP contribution in [-0.4, -0.2) is 40.5 Å². The number of methoxy groups -OCH3 is 1. The van der Waals surface area contributed by atoms with Crippen LogP contribution in [0.5, 0.6) is 5.75 Å². The molecule has 1 aromatic heterocycles. The number of nitrogens with zero attached hydrogens (tertiary/aromatic N) is 4. The number of nitro benzene ring substituents is 1. The Labute approximate surface area is 201 Å². The van der Waals surface area contributed by atoms with E-state index in [1.165, 1.54) is 12.3 Å². The Morgan fingerprint density at radius 3 is 2.79 bits per heavy atom. The number of esters is 1. The molecule has 0 saturated heterocycles. The highest BCUT2D eigenvalue weighted by Gasteiger charge is 2.22. The third-order valence-electron chi connectivity index (χ3n) is 4.48. The van der Waals surface area contributed by atoms with E-state index in [2.05, 4.69) is 30.8 Å². The normalized spacial score (nSPS) is 11.2. The summed E-state index contributed by atoms with van der Waals surface area (Å²) in [6.07, 6.45) is 2.39. The molecule has 0 radical (unpaired) electrons. The Hall–Kier alpha value is -3.31. The molecule has 0 aliphatic heterocycles. The Morgan fingerprint density at radius 2 is 2.12 bits per heavy atom. The maximum absolute atomic E-state index is 13.1. The van der Waals surface area contributed by atoms with E-state index in [9.17, 15) is 19.7 Å². The van der Waals surface area contributed by atoms with Crippen LogP contribution in [0.15, 0.2) is 44.7 Å². The zero-order valence-electron chi connectivity index (χ0n) is 17.6. The van der Waals surface area contributed by atoms with Crippen molar-refractivity contribution in [1.29, 1.82) is 0 Å². The Kier molecular flexibility index (Phi) is 7.77. The lowest BCUT2D eigenvalue weighted by Gasteiger charge is -2.11. The molecule has 0 aliphatic carbocycles. The van der Waals surface area contributed by atoms with Gasteiger partial charge in [0.1, 0.15) is 5.82 Å². The van der Waals surface area contributed by atoms with E-state index in [1.807, 2.05) is 6.92 Å². The van der Waals surface area contributed by atoms with Gasteiger partial charge in [-0.3, -0.25) is 14.9 Å². The molecule has 0 N–H and O–H groups in total. The van der Waals surface area contributed by atoms with Crippen LogP contribution in [-0.2, 0) is 16.0 Å². The third-order valence-corrected chi connectivity index (χ3v) is 5.19. The first-order valence-corrected chi connectivity index (χ1v) is 10.8. The summed E-state index contributed by atoms with van der Waals surface area (Å²) in [5, 5.41) is 16.2. The molecule has 3 rings (SSSR count). The molecule has 172 valence electrons. The number of aromatic nitrogens is 2. The number of rotatable bonds is 8. The molecule has 0 aliphatic rings. The number of carbonyl (C=O) groups is 1. The number of ether oxygens (including phenoxy) is 2. The summed E-state index contributed by atoms with van der Waals surface area (Å²) < 4.78 is 11.7. The second-order valence-corrected chi connectivity index (χ2v) is 8.12. The minimum absolute atomic E-state index is 0.0512. The molecule has 0 amide bonds. The first-order valence-electron chi connectivity index (χ1n) is 9.68. The number of nitro groups is 1. The van der Waals surface area contributed by atoms with Gasteiger partial charge in [-0.1, -0.05) is 34.5 Å². The van der Waals surface area contributed by atoms with Crippen molar-refractivity contribution in [3.8, 4) is 5.75 Å². The fraction of sp³-hybridized carbons (Fsp3) is 0.238. The lowest BCUT2D eigenvalue weighted by atomic mass is 10.2. The molecular formula is C21H18BrClN4O6. The van der Waals surface area contributed by atoms with Crippen molar-refractivity contribution >= 4 is 56.3 Å². The monoisotopic (exact) mass is 536 g/mol. The largest absolute Gasteiger partial charge is 0.474 e. The number of fused-ring (bicyclic) bond motifs is 1.